The Bertz CT molecular complexity index is 1340. The Morgan fingerprint density at radius 3 is 2.05 bits per heavy atom. The molecule has 0 bridgehead atoms. The van der Waals surface area contributed by atoms with Crippen LogP contribution in [0.25, 0.3) is 11.1 Å². The van der Waals surface area contributed by atoms with Gasteiger partial charge in [-0.2, -0.15) is 0 Å². The van der Waals surface area contributed by atoms with E-state index in [1.54, 1.807) is 17.0 Å². The molecular formula is C29H31N3O4S. The number of sulfonamides is 1. The van der Waals surface area contributed by atoms with Crippen LogP contribution in [0.2, 0.25) is 0 Å². The number of hydrogen-bond donors (Lipinski definition) is 2. The first-order valence-corrected chi connectivity index (χ1v) is 14.2. The third kappa shape index (κ3) is 5.76. The van der Waals surface area contributed by atoms with Crippen molar-refractivity contribution >= 4 is 21.8 Å². The number of carbonyl (C=O) groups is 2. The monoisotopic (exact) mass is 517 g/mol. The molecule has 2 amide bonds. The topological polar surface area (TPSA) is 95.6 Å². The molecule has 3 aromatic rings. The summed E-state index contributed by atoms with van der Waals surface area (Å²) in [6.07, 6.45) is 2.32. The molecule has 2 aliphatic rings. The van der Waals surface area contributed by atoms with Gasteiger partial charge in [-0.25, -0.2) is 13.1 Å². The van der Waals surface area contributed by atoms with Gasteiger partial charge in [0.25, 0.3) is 0 Å². The molecule has 0 radical (unpaired) electrons. The molecule has 1 saturated carbocycles. The van der Waals surface area contributed by atoms with E-state index in [1.807, 2.05) is 72.8 Å². The molecule has 1 heterocycles. The molecule has 192 valence electrons. The maximum atomic E-state index is 13.5. The fraction of sp³-hybridized carbons (Fsp3) is 0.310. The van der Waals surface area contributed by atoms with Crippen LogP contribution in [0.1, 0.15) is 37.3 Å². The average molecular weight is 518 g/mol. The van der Waals surface area contributed by atoms with Crippen LogP contribution < -0.4 is 10.0 Å². The second kappa shape index (κ2) is 10.9. The molecular weight excluding hydrogens is 486 g/mol. The van der Waals surface area contributed by atoms with Gasteiger partial charge < -0.3 is 10.2 Å². The van der Waals surface area contributed by atoms with Gasteiger partial charge >= 0.3 is 0 Å². The van der Waals surface area contributed by atoms with Crippen molar-refractivity contribution in [2.24, 2.45) is 5.92 Å². The van der Waals surface area contributed by atoms with Gasteiger partial charge in [-0.3, -0.25) is 9.59 Å². The second-order valence-corrected chi connectivity index (χ2v) is 11.5. The van der Waals surface area contributed by atoms with E-state index in [0.29, 0.717) is 32.2 Å². The Morgan fingerprint density at radius 2 is 1.41 bits per heavy atom. The van der Waals surface area contributed by atoms with E-state index >= 15 is 0 Å². The molecule has 1 saturated heterocycles. The Hall–Kier alpha value is -3.49. The van der Waals surface area contributed by atoms with Crippen molar-refractivity contribution in [2.45, 2.75) is 42.7 Å². The fourth-order valence-corrected chi connectivity index (χ4v) is 6.59. The molecule has 1 atom stereocenters. The van der Waals surface area contributed by atoms with Gasteiger partial charge in [-0.1, -0.05) is 72.8 Å². The minimum absolute atomic E-state index is 0.0264. The number of carbonyl (C=O) groups excluding carboxylic acids is 2. The number of hydrogen-bond acceptors (Lipinski definition) is 4. The predicted octanol–water partition coefficient (Wildman–Crippen LogP) is 3.89. The van der Waals surface area contributed by atoms with Gasteiger partial charge in [-0.15, -0.1) is 0 Å². The quantitative estimate of drug-likeness (QED) is 0.519. The predicted molar refractivity (Wildman–Crippen MR) is 142 cm³/mol. The summed E-state index contributed by atoms with van der Waals surface area (Å²) >= 11 is 0. The van der Waals surface area contributed by atoms with Crippen LogP contribution in [0.5, 0.6) is 0 Å². The van der Waals surface area contributed by atoms with Crippen molar-refractivity contribution in [1.29, 1.82) is 0 Å². The molecule has 2 N–H and O–H groups in total. The fourth-order valence-electron chi connectivity index (χ4n) is 5.28. The molecule has 37 heavy (non-hydrogen) atoms. The molecule has 8 heteroatoms. The van der Waals surface area contributed by atoms with Crippen LogP contribution in [0.3, 0.4) is 0 Å². The standard InChI is InChI=1S/C29H31N3O4S/c33-28-20-32(27(19-30-28)23-9-5-2-6-10-23)29(34)24-11-15-25(16-12-24)31-37(35,36)26-17-13-22(14-18-26)21-7-3-1-4-8-21/h1-10,13-14,17-18,24-25,27,31H,11-12,15-16,19-20H2,(H,30,33)/t24-,25-,27?. The van der Waals surface area contributed by atoms with E-state index in [4.69, 9.17) is 0 Å². The van der Waals surface area contributed by atoms with E-state index < -0.39 is 10.0 Å². The maximum absolute atomic E-state index is 13.5. The summed E-state index contributed by atoms with van der Waals surface area (Å²) in [5.74, 6) is -0.398. The first-order valence-electron chi connectivity index (χ1n) is 12.7. The van der Waals surface area contributed by atoms with Crippen molar-refractivity contribution in [2.75, 3.05) is 13.1 Å². The van der Waals surface area contributed by atoms with Crippen molar-refractivity contribution < 1.29 is 18.0 Å². The normalized spacial score (nSPS) is 22.3. The van der Waals surface area contributed by atoms with Crippen LogP contribution >= 0.6 is 0 Å². The molecule has 7 nitrogen and oxygen atoms in total. The smallest absolute Gasteiger partial charge is 0.240 e. The highest BCUT2D eigenvalue weighted by Gasteiger charge is 2.37. The number of piperazine rings is 1. The molecule has 0 aromatic heterocycles. The number of nitrogens with zero attached hydrogens (tertiary/aromatic N) is 1. The van der Waals surface area contributed by atoms with Crippen LogP contribution in [0.15, 0.2) is 89.8 Å². The van der Waals surface area contributed by atoms with Gasteiger partial charge in [0.15, 0.2) is 0 Å². The van der Waals surface area contributed by atoms with Crippen molar-refractivity contribution in [3.05, 3.63) is 90.5 Å². The molecule has 3 aromatic carbocycles. The lowest BCUT2D eigenvalue weighted by molar-refractivity contribution is -0.145. The van der Waals surface area contributed by atoms with Crippen LogP contribution in [-0.4, -0.2) is 44.3 Å². The van der Waals surface area contributed by atoms with E-state index in [2.05, 4.69) is 10.0 Å². The lowest BCUT2D eigenvalue weighted by Crippen LogP contribution is -2.54. The molecule has 1 unspecified atom stereocenters. The Balaban J connectivity index is 1.20. The largest absolute Gasteiger partial charge is 0.352 e. The van der Waals surface area contributed by atoms with Gasteiger partial charge in [0.05, 0.1) is 10.9 Å². The third-order valence-electron chi connectivity index (χ3n) is 7.32. The number of benzene rings is 3. The van der Waals surface area contributed by atoms with Crippen LogP contribution in [0.4, 0.5) is 0 Å². The lowest BCUT2D eigenvalue weighted by Gasteiger charge is -2.39. The third-order valence-corrected chi connectivity index (χ3v) is 8.86. The molecule has 0 spiro atoms. The first kappa shape index (κ1) is 25.2. The molecule has 1 aliphatic heterocycles. The van der Waals surface area contributed by atoms with Crippen LogP contribution in [-0.2, 0) is 19.6 Å². The number of amides is 2. The Labute approximate surface area is 217 Å². The average Bonchev–Trinajstić information content (AvgIpc) is 2.94. The van der Waals surface area contributed by atoms with Crippen LogP contribution in [0, 0.1) is 5.92 Å². The summed E-state index contributed by atoms with van der Waals surface area (Å²) in [4.78, 5) is 27.5. The molecule has 1 aliphatic carbocycles. The van der Waals surface area contributed by atoms with E-state index in [-0.39, 0.29) is 41.3 Å². The summed E-state index contributed by atoms with van der Waals surface area (Å²) in [6, 6.07) is 26.0. The van der Waals surface area contributed by atoms with E-state index in [1.165, 1.54) is 0 Å². The summed E-state index contributed by atoms with van der Waals surface area (Å²) in [5.41, 5.74) is 2.98. The Kier molecular flexibility index (Phi) is 7.39. The molecule has 5 rings (SSSR count). The summed E-state index contributed by atoms with van der Waals surface area (Å²) in [6.45, 7) is 0.441. The highest BCUT2D eigenvalue weighted by Crippen LogP contribution is 2.31. The second-order valence-electron chi connectivity index (χ2n) is 9.76. The first-order chi connectivity index (χ1) is 17.9. The van der Waals surface area contributed by atoms with Gasteiger partial charge in [0, 0.05) is 18.5 Å². The number of nitrogens with one attached hydrogen (secondary N) is 2. The Morgan fingerprint density at radius 1 is 0.811 bits per heavy atom. The SMILES string of the molecule is O=C1CN(C(=O)[C@H]2CC[C@H](NS(=O)(=O)c3ccc(-c4ccccc4)cc3)CC2)C(c2ccccc2)CN1. The minimum atomic E-state index is -3.67. The summed E-state index contributed by atoms with van der Waals surface area (Å²) < 4.78 is 28.9. The molecule has 2 fully saturated rings. The van der Waals surface area contributed by atoms with Gasteiger partial charge in [-0.05, 0) is 54.5 Å². The zero-order chi connectivity index (χ0) is 25.8. The minimum Gasteiger partial charge on any atom is -0.352 e. The van der Waals surface area contributed by atoms with Gasteiger partial charge in [0.2, 0.25) is 21.8 Å². The van der Waals surface area contributed by atoms with Gasteiger partial charge in [0.1, 0.15) is 6.54 Å². The van der Waals surface area contributed by atoms with Crippen molar-refractivity contribution in [3.63, 3.8) is 0 Å². The van der Waals surface area contributed by atoms with E-state index in [0.717, 1.165) is 16.7 Å². The zero-order valence-electron chi connectivity index (χ0n) is 20.5. The maximum Gasteiger partial charge on any atom is 0.240 e. The lowest BCUT2D eigenvalue weighted by atomic mass is 9.85. The van der Waals surface area contributed by atoms with E-state index in [9.17, 15) is 18.0 Å². The van der Waals surface area contributed by atoms with Crippen molar-refractivity contribution in [3.8, 4) is 11.1 Å². The summed E-state index contributed by atoms with van der Waals surface area (Å²) in [7, 11) is -3.67. The van der Waals surface area contributed by atoms with Crippen molar-refractivity contribution in [1.82, 2.24) is 14.9 Å². The highest BCUT2D eigenvalue weighted by molar-refractivity contribution is 7.89. The summed E-state index contributed by atoms with van der Waals surface area (Å²) in [5, 5.41) is 2.87. The number of rotatable bonds is 6. The highest BCUT2D eigenvalue weighted by atomic mass is 32.2. The zero-order valence-corrected chi connectivity index (χ0v) is 21.4.